The van der Waals surface area contributed by atoms with Crippen molar-refractivity contribution in [1.82, 2.24) is 15.7 Å². The van der Waals surface area contributed by atoms with Gasteiger partial charge in [-0.15, -0.1) is 0 Å². The van der Waals surface area contributed by atoms with Gasteiger partial charge in [0.15, 0.2) is 5.75 Å². The van der Waals surface area contributed by atoms with Gasteiger partial charge < -0.3 is 10.5 Å². The van der Waals surface area contributed by atoms with Crippen LogP contribution in [0, 0.1) is 6.92 Å². The zero-order valence-corrected chi connectivity index (χ0v) is 8.27. The van der Waals surface area contributed by atoms with Gasteiger partial charge in [0.25, 0.3) is 0 Å². The van der Waals surface area contributed by atoms with Gasteiger partial charge in [-0.2, -0.15) is 0 Å². The van der Waals surface area contributed by atoms with Crippen LogP contribution in [0.1, 0.15) is 5.82 Å². The Labute approximate surface area is 87.7 Å². The molecule has 0 saturated heterocycles. The monoisotopic (exact) mass is 200 g/mol. The number of benzene rings is 1. The van der Waals surface area contributed by atoms with Crippen LogP contribution in [0.2, 0.25) is 0 Å². The molecule has 0 atom stereocenters. The maximum atomic E-state index is 7.32. The molecule has 0 aliphatic heterocycles. The summed E-state index contributed by atoms with van der Waals surface area (Å²) in [7, 11) is 0. The third-order valence-corrected chi connectivity index (χ3v) is 1.85. The van der Waals surface area contributed by atoms with Crippen molar-refractivity contribution in [1.29, 1.82) is 0 Å². The van der Waals surface area contributed by atoms with Gasteiger partial charge >= 0.3 is 0 Å². The van der Waals surface area contributed by atoms with Crippen molar-refractivity contribution in [3.63, 3.8) is 0 Å². The molecule has 1 aromatic carbocycles. The van der Waals surface area contributed by atoms with E-state index in [1.165, 1.54) is 0 Å². The fourth-order valence-electron chi connectivity index (χ4n) is 1.09. The molecule has 0 fully saturated rings. The van der Waals surface area contributed by atoms with Crippen molar-refractivity contribution in [3.8, 4) is 11.5 Å². The van der Waals surface area contributed by atoms with E-state index in [4.69, 9.17) is 10.5 Å². The highest BCUT2D eigenvalue weighted by Crippen LogP contribution is 2.20. The van der Waals surface area contributed by atoms with Crippen LogP contribution in [-0.2, 0) is 0 Å². The minimum absolute atomic E-state index is 0.461. The molecule has 1 heterocycles. The third-order valence-electron chi connectivity index (χ3n) is 1.85. The molecule has 4 nitrogen and oxygen atoms in total. The van der Waals surface area contributed by atoms with Crippen LogP contribution in [0.3, 0.4) is 0 Å². The Balaban J connectivity index is 2.15. The van der Waals surface area contributed by atoms with E-state index in [-0.39, 0.29) is 0 Å². The van der Waals surface area contributed by atoms with Gasteiger partial charge in [0.2, 0.25) is 0 Å². The standard InChI is InChI=1S/C11H10N3O/c1-8-13-6-11(7-14-8)15-10-4-2-9(12)3-5-10/h2-7,12H,1H3. The highest BCUT2D eigenvalue weighted by Gasteiger charge is 1.97. The molecule has 75 valence electrons. The molecule has 4 heteroatoms. The first-order valence-corrected chi connectivity index (χ1v) is 4.52. The zero-order chi connectivity index (χ0) is 10.7. The Bertz CT molecular complexity index is 393. The Morgan fingerprint density at radius 1 is 1.00 bits per heavy atom. The zero-order valence-electron chi connectivity index (χ0n) is 8.27. The predicted molar refractivity (Wildman–Crippen MR) is 56.0 cm³/mol. The average Bonchev–Trinajstić information content (AvgIpc) is 2.25. The van der Waals surface area contributed by atoms with E-state index < -0.39 is 0 Å². The first kappa shape index (κ1) is 9.45. The number of aromatic nitrogens is 2. The number of hydrogen-bond donors (Lipinski definition) is 0. The van der Waals surface area contributed by atoms with Crippen LogP contribution in [0.5, 0.6) is 11.5 Å². The summed E-state index contributed by atoms with van der Waals surface area (Å²) >= 11 is 0. The molecule has 0 spiro atoms. The van der Waals surface area contributed by atoms with E-state index in [2.05, 4.69) is 9.97 Å². The van der Waals surface area contributed by atoms with E-state index in [0.717, 1.165) is 0 Å². The maximum absolute atomic E-state index is 7.32. The molecule has 1 aromatic heterocycles. The molecule has 0 saturated carbocycles. The summed E-state index contributed by atoms with van der Waals surface area (Å²) < 4.78 is 5.48. The molecular weight excluding hydrogens is 190 g/mol. The minimum atomic E-state index is 0.461. The van der Waals surface area contributed by atoms with Crippen molar-refractivity contribution in [3.05, 3.63) is 42.5 Å². The van der Waals surface area contributed by atoms with Crippen LogP contribution in [0.15, 0.2) is 36.7 Å². The van der Waals surface area contributed by atoms with Gasteiger partial charge in [-0.3, -0.25) is 0 Å². The van der Waals surface area contributed by atoms with Gasteiger partial charge in [0.1, 0.15) is 11.6 Å². The lowest BCUT2D eigenvalue weighted by atomic mass is 10.3. The molecule has 2 rings (SSSR count). The van der Waals surface area contributed by atoms with Crippen LogP contribution in [-0.4, -0.2) is 9.97 Å². The second-order valence-corrected chi connectivity index (χ2v) is 3.09. The summed E-state index contributed by atoms with van der Waals surface area (Å²) in [6, 6.07) is 6.82. The van der Waals surface area contributed by atoms with Gasteiger partial charge in [-0.05, 0) is 31.2 Å². The molecule has 1 radical (unpaired) electrons. The first-order chi connectivity index (χ1) is 7.24. The van der Waals surface area contributed by atoms with Crippen LogP contribution >= 0.6 is 0 Å². The highest BCUT2D eigenvalue weighted by atomic mass is 16.5. The van der Waals surface area contributed by atoms with Crippen LogP contribution in [0.4, 0.5) is 5.69 Å². The Kier molecular flexibility index (Phi) is 2.49. The second-order valence-electron chi connectivity index (χ2n) is 3.09. The molecule has 15 heavy (non-hydrogen) atoms. The number of hydrogen-bond acceptors (Lipinski definition) is 3. The lowest BCUT2D eigenvalue weighted by Crippen LogP contribution is -1.89. The van der Waals surface area contributed by atoms with Crippen LogP contribution in [0.25, 0.3) is 0 Å². The molecule has 0 bridgehead atoms. The van der Waals surface area contributed by atoms with Gasteiger partial charge in [-0.25, -0.2) is 9.97 Å². The maximum Gasteiger partial charge on any atom is 0.164 e. The van der Waals surface area contributed by atoms with Gasteiger partial charge in [0, 0.05) is 0 Å². The lowest BCUT2D eigenvalue weighted by Gasteiger charge is -2.04. The molecular formula is C11H10N3O. The van der Waals surface area contributed by atoms with Crippen LogP contribution < -0.4 is 10.5 Å². The van der Waals surface area contributed by atoms with Crippen molar-refractivity contribution >= 4 is 5.69 Å². The van der Waals surface area contributed by atoms with Crippen molar-refractivity contribution < 1.29 is 4.74 Å². The number of aryl methyl sites for hydroxylation is 1. The predicted octanol–water partition coefficient (Wildman–Crippen LogP) is 2.49. The summed E-state index contributed by atoms with van der Waals surface area (Å²) in [6.45, 7) is 1.82. The summed E-state index contributed by atoms with van der Waals surface area (Å²) in [5, 5.41) is 0. The average molecular weight is 200 g/mol. The molecule has 0 aliphatic carbocycles. The highest BCUT2D eigenvalue weighted by molar-refractivity contribution is 5.39. The SMILES string of the molecule is Cc1ncc(Oc2ccc([NH])cc2)cn1. The van der Waals surface area contributed by atoms with Crippen molar-refractivity contribution in [2.75, 3.05) is 0 Å². The summed E-state index contributed by atoms with van der Waals surface area (Å²) in [5.41, 5.74) is 7.78. The van der Waals surface area contributed by atoms with E-state index in [9.17, 15) is 0 Å². The molecule has 0 aliphatic rings. The Hall–Kier alpha value is -2.10. The van der Waals surface area contributed by atoms with E-state index in [0.29, 0.717) is 23.0 Å². The Morgan fingerprint density at radius 2 is 1.60 bits per heavy atom. The minimum Gasteiger partial charge on any atom is -0.454 e. The summed E-state index contributed by atoms with van der Waals surface area (Å²) in [5.74, 6) is 1.99. The van der Waals surface area contributed by atoms with Crippen molar-refractivity contribution in [2.45, 2.75) is 6.92 Å². The summed E-state index contributed by atoms with van der Waals surface area (Å²) in [6.07, 6.45) is 3.24. The summed E-state index contributed by atoms with van der Waals surface area (Å²) in [4.78, 5) is 8.04. The number of nitrogens with one attached hydrogen (secondary N) is 1. The number of ether oxygens (including phenoxy) is 1. The molecule has 0 amide bonds. The normalized spacial score (nSPS) is 9.93. The molecule has 0 unspecified atom stereocenters. The van der Waals surface area contributed by atoms with E-state index >= 15 is 0 Å². The quantitative estimate of drug-likeness (QED) is 0.748. The first-order valence-electron chi connectivity index (χ1n) is 4.52. The van der Waals surface area contributed by atoms with E-state index in [1.54, 1.807) is 36.7 Å². The Morgan fingerprint density at radius 3 is 2.20 bits per heavy atom. The van der Waals surface area contributed by atoms with Crippen molar-refractivity contribution in [2.24, 2.45) is 0 Å². The second kappa shape index (κ2) is 3.96. The third kappa shape index (κ3) is 2.43. The molecule has 2 aromatic rings. The van der Waals surface area contributed by atoms with Gasteiger partial charge in [0.05, 0.1) is 18.1 Å². The lowest BCUT2D eigenvalue weighted by molar-refractivity contribution is 0.477. The largest absolute Gasteiger partial charge is 0.454 e. The fraction of sp³-hybridized carbons (Fsp3) is 0.0909. The fourth-order valence-corrected chi connectivity index (χ4v) is 1.09. The van der Waals surface area contributed by atoms with E-state index in [1.807, 2.05) is 6.92 Å². The van der Waals surface area contributed by atoms with Gasteiger partial charge in [-0.1, -0.05) is 0 Å². The topological polar surface area (TPSA) is 58.8 Å². The number of rotatable bonds is 2. The number of nitrogens with zero attached hydrogens (tertiary/aromatic N) is 2. The smallest absolute Gasteiger partial charge is 0.164 e. The molecule has 1 N–H and O–H groups in total.